The molecular formula is C9H9N5O2. The molecular weight excluding hydrogens is 210 g/mol. The van der Waals surface area contributed by atoms with Crippen LogP contribution in [0.4, 0.5) is 5.82 Å². The maximum atomic E-state index is 11.7. The maximum absolute atomic E-state index is 11.7. The molecule has 16 heavy (non-hydrogen) atoms. The summed E-state index contributed by atoms with van der Waals surface area (Å²) in [5, 5.41) is 5.95. The molecule has 0 atom stereocenters. The number of aromatic amines is 2. The van der Waals surface area contributed by atoms with Gasteiger partial charge in [-0.1, -0.05) is 6.08 Å². The van der Waals surface area contributed by atoms with Gasteiger partial charge in [-0.25, -0.2) is 14.3 Å². The van der Waals surface area contributed by atoms with Crippen LogP contribution in [0.3, 0.4) is 0 Å². The summed E-state index contributed by atoms with van der Waals surface area (Å²) in [6.45, 7) is 0.695. The molecule has 2 aromatic rings. The average Bonchev–Trinajstić information content (AvgIpc) is 2.64. The number of anilines is 1. The van der Waals surface area contributed by atoms with Crippen molar-refractivity contribution in [3.63, 3.8) is 0 Å². The monoisotopic (exact) mass is 219 g/mol. The van der Waals surface area contributed by atoms with E-state index in [9.17, 15) is 9.59 Å². The summed E-state index contributed by atoms with van der Waals surface area (Å²) in [5.74, 6) is 0.628. The van der Waals surface area contributed by atoms with Crippen molar-refractivity contribution in [1.82, 2.24) is 19.6 Å². The van der Waals surface area contributed by atoms with Gasteiger partial charge in [-0.05, 0) is 6.08 Å². The molecule has 0 bridgehead atoms. The van der Waals surface area contributed by atoms with E-state index < -0.39 is 5.69 Å². The third-order valence-electron chi connectivity index (χ3n) is 2.63. The number of aromatic nitrogens is 4. The summed E-state index contributed by atoms with van der Waals surface area (Å²) in [6.07, 6.45) is 3.72. The van der Waals surface area contributed by atoms with Gasteiger partial charge in [0.1, 0.15) is 5.82 Å². The molecule has 0 amide bonds. The van der Waals surface area contributed by atoms with Gasteiger partial charge in [-0.3, -0.25) is 4.79 Å². The highest BCUT2D eigenvalue weighted by molar-refractivity contribution is 5.67. The van der Waals surface area contributed by atoms with Crippen LogP contribution in [0, 0.1) is 0 Å². The minimum atomic E-state index is -0.405. The summed E-state index contributed by atoms with van der Waals surface area (Å²) in [5.41, 5.74) is -0.0534. The van der Waals surface area contributed by atoms with E-state index in [1.807, 2.05) is 18.0 Å². The van der Waals surface area contributed by atoms with Crippen molar-refractivity contribution in [3.8, 4) is 0 Å². The van der Waals surface area contributed by atoms with Crippen molar-refractivity contribution in [2.45, 2.75) is 0 Å². The van der Waals surface area contributed by atoms with E-state index in [0.717, 1.165) is 0 Å². The predicted molar refractivity (Wildman–Crippen MR) is 58.7 cm³/mol. The number of nitrogens with zero attached hydrogens (tertiary/aromatic N) is 3. The highest BCUT2D eigenvalue weighted by Crippen LogP contribution is 2.19. The molecule has 0 aliphatic carbocycles. The van der Waals surface area contributed by atoms with Crippen LogP contribution < -0.4 is 16.1 Å². The van der Waals surface area contributed by atoms with E-state index in [0.29, 0.717) is 18.1 Å². The average molecular weight is 219 g/mol. The maximum Gasteiger partial charge on any atom is 0.348 e. The first-order valence-corrected chi connectivity index (χ1v) is 4.79. The zero-order valence-corrected chi connectivity index (χ0v) is 8.52. The summed E-state index contributed by atoms with van der Waals surface area (Å²) in [7, 11) is 1.84. The van der Waals surface area contributed by atoms with Gasteiger partial charge in [0, 0.05) is 13.6 Å². The van der Waals surface area contributed by atoms with Crippen molar-refractivity contribution < 1.29 is 0 Å². The fourth-order valence-electron chi connectivity index (χ4n) is 1.86. The Morgan fingerprint density at radius 2 is 2.25 bits per heavy atom. The number of fused-ring (bicyclic) bond motifs is 3. The molecule has 1 aliphatic heterocycles. The molecule has 82 valence electrons. The third kappa shape index (κ3) is 0.992. The smallest absolute Gasteiger partial charge is 0.348 e. The Morgan fingerprint density at radius 1 is 1.44 bits per heavy atom. The minimum absolute atomic E-state index is 0.0868. The highest BCUT2D eigenvalue weighted by atomic mass is 16.2. The van der Waals surface area contributed by atoms with Gasteiger partial charge in [0.05, 0.1) is 5.69 Å². The molecule has 0 fully saturated rings. The van der Waals surface area contributed by atoms with E-state index >= 15 is 0 Å². The first kappa shape index (κ1) is 8.96. The molecule has 2 N–H and O–H groups in total. The van der Waals surface area contributed by atoms with Crippen LogP contribution in [0.5, 0.6) is 0 Å². The minimum Gasteiger partial charge on any atom is -0.356 e. The van der Waals surface area contributed by atoms with Crippen LogP contribution in [0.1, 0.15) is 5.69 Å². The number of hydrogen-bond donors (Lipinski definition) is 2. The quantitative estimate of drug-likeness (QED) is 0.605. The SMILES string of the molecule is CN1CC=Cc2c1[nH]c(=O)c1n[nH]c(=O)n21. The second-order valence-electron chi connectivity index (χ2n) is 3.66. The Hall–Kier alpha value is -2.31. The van der Waals surface area contributed by atoms with E-state index in [-0.39, 0.29) is 11.2 Å². The first-order valence-electron chi connectivity index (χ1n) is 4.79. The van der Waals surface area contributed by atoms with Gasteiger partial charge in [-0.15, -0.1) is 5.10 Å². The van der Waals surface area contributed by atoms with E-state index in [1.54, 1.807) is 6.08 Å². The Kier molecular flexibility index (Phi) is 1.59. The molecule has 3 rings (SSSR count). The van der Waals surface area contributed by atoms with Gasteiger partial charge in [0.15, 0.2) is 0 Å². The third-order valence-corrected chi connectivity index (χ3v) is 2.63. The molecule has 0 saturated heterocycles. The fraction of sp³-hybridized carbons (Fsp3) is 0.222. The Morgan fingerprint density at radius 3 is 3.06 bits per heavy atom. The zero-order valence-electron chi connectivity index (χ0n) is 8.52. The lowest BCUT2D eigenvalue weighted by Gasteiger charge is -2.22. The second kappa shape index (κ2) is 2.84. The lowest BCUT2D eigenvalue weighted by atomic mass is 10.2. The molecule has 0 spiro atoms. The number of likely N-dealkylation sites (N-methyl/N-ethyl adjacent to an activating group) is 1. The van der Waals surface area contributed by atoms with Crippen molar-refractivity contribution in [2.24, 2.45) is 0 Å². The molecule has 0 radical (unpaired) electrons. The van der Waals surface area contributed by atoms with E-state index in [1.165, 1.54) is 4.40 Å². The summed E-state index contributed by atoms with van der Waals surface area (Å²) < 4.78 is 1.28. The van der Waals surface area contributed by atoms with Crippen LogP contribution in [0.2, 0.25) is 0 Å². The van der Waals surface area contributed by atoms with Crippen LogP contribution in [0.25, 0.3) is 11.7 Å². The fourth-order valence-corrected chi connectivity index (χ4v) is 1.86. The Balaban J connectivity index is 2.58. The van der Waals surface area contributed by atoms with Crippen molar-refractivity contribution in [2.75, 3.05) is 18.5 Å². The number of H-pyrrole nitrogens is 2. The molecule has 0 aromatic carbocycles. The normalized spacial score (nSPS) is 14.4. The molecule has 7 nitrogen and oxygen atoms in total. The molecule has 0 saturated carbocycles. The first-order chi connectivity index (χ1) is 7.68. The molecule has 1 aliphatic rings. The lowest BCUT2D eigenvalue weighted by molar-refractivity contribution is 0.919. The van der Waals surface area contributed by atoms with Crippen molar-refractivity contribution in [3.05, 3.63) is 32.6 Å². The lowest BCUT2D eigenvalue weighted by Crippen LogP contribution is -2.29. The molecule has 0 unspecified atom stereocenters. The highest BCUT2D eigenvalue weighted by Gasteiger charge is 2.17. The number of nitrogens with one attached hydrogen (secondary N) is 2. The summed E-state index contributed by atoms with van der Waals surface area (Å²) >= 11 is 0. The van der Waals surface area contributed by atoms with Gasteiger partial charge < -0.3 is 9.88 Å². The zero-order chi connectivity index (χ0) is 11.3. The van der Waals surface area contributed by atoms with Crippen molar-refractivity contribution >= 4 is 17.5 Å². The van der Waals surface area contributed by atoms with Crippen LogP contribution in [0.15, 0.2) is 15.7 Å². The van der Waals surface area contributed by atoms with E-state index in [4.69, 9.17) is 0 Å². The summed E-state index contributed by atoms with van der Waals surface area (Å²) in [4.78, 5) is 27.8. The Labute approximate surface area is 89.0 Å². The largest absolute Gasteiger partial charge is 0.356 e. The van der Waals surface area contributed by atoms with Crippen LogP contribution in [-0.2, 0) is 0 Å². The van der Waals surface area contributed by atoms with Gasteiger partial charge in [-0.2, -0.15) is 0 Å². The van der Waals surface area contributed by atoms with Gasteiger partial charge in [0.2, 0.25) is 5.65 Å². The van der Waals surface area contributed by atoms with Crippen LogP contribution in [-0.4, -0.2) is 33.2 Å². The topological polar surface area (TPSA) is 86.3 Å². The predicted octanol–water partition coefficient (Wildman–Crippen LogP) is -0.826. The number of rotatable bonds is 0. The second-order valence-corrected chi connectivity index (χ2v) is 3.66. The van der Waals surface area contributed by atoms with E-state index in [2.05, 4.69) is 15.2 Å². The van der Waals surface area contributed by atoms with Gasteiger partial charge >= 0.3 is 5.69 Å². The van der Waals surface area contributed by atoms with Crippen LogP contribution >= 0.6 is 0 Å². The molecule has 7 heteroatoms. The van der Waals surface area contributed by atoms with Crippen molar-refractivity contribution in [1.29, 1.82) is 0 Å². The standard InChI is InChI=1S/C9H9N5O2/c1-13-4-2-3-5-6(13)10-8(15)7-11-12-9(16)14(5)7/h2-3H,4H2,1H3,(H,10,15)(H,12,16). The number of hydrogen-bond acceptors (Lipinski definition) is 4. The Bertz CT molecular complexity index is 705. The molecule has 2 aromatic heterocycles. The summed E-state index contributed by atoms with van der Waals surface area (Å²) in [6, 6.07) is 0. The van der Waals surface area contributed by atoms with Gasteiger partial charge in [0.25, 0.3) is 5.56 Å². The molecule has 3 heterocycles.